The maximum Gasteiger partial charge on any atom is 0.184 e. The fourth-order valence-corrected chi connectivity index (χ4v) is 2.58. The van der Waals surface area contributed by atoms with Crippen molar-refractivity contribution in [3.8, 4) is 0 Å². The fraction of sp³-hybridized carbons (Fsp3) is 0.600. The molecule has 0 amide bonds. The van der Waals surface area contributed by atoms with E-state index >= 15 is 0 Å². The van der Waals surface area contributed by atoms with E-state index in [0.29, 0.717) is 13.2 Å². The van der Waals surface area contributed by atoms with Crippen LogP contribution < -0.4 is 0 Å². The Hall–Kier alpha value is -1.26. The maximum atomic E-state index is 12.9. The minimum Gasteiger partial charge on any atom is -0.379 e. The minimum atomic E-state index is -0.461. The van der Waals surface area contributed by atoms with E-state index in [-0.39, 0.29) is 5.78 Å². The third-order valence-electron chi connectivity index (χ3n) is 4.17. The Kier molecular flexibility index (Phi) is 4.32. The molecule has 1 aromatic rings. The average molecular weight is 262 g/mol. The normalized spacial score (nSPS) is 19.9. The molecule has 0 aliphatic carbocycles. The first kappa shape index (κ1) is 14.2. The molecule has 2 rings (SSSR count). The van der Waals surface area contributed by atoms with Gasteiger partial charge in [0.1, 0.15) is 0 Å². The van der Waals surface area contributed by atoms with Gasteiger partial charge in [-0.3, -0.25) is 14.7 Å². The third kappa shape index (κ3) is 2.69. The average Bonchev–Trinajstić information content (AvgIpc) is 2.47. The Morgan fingerprint density at radius 2 is 2.16 bits per heavy atom. The van der Waals surface area contributed by atoms with E-state index in [1.54, 1.807) is 12.4 Å². The van der Waals surface area contributed by atoms with Crippen LogP contribution in [-0.2, 0) is 4.74 Å². The van der Waals surface area contributed by atoms with Crippen LogP contribution in [0.5, 0.6) is 0 Å². The van der Waals surface area contributed by atoms with Crippen LogP contribution in [0.2, 0.25) is 0 Å². The van der Waals surface area contributed by atoms with Crippen LogP contribution in [0, 0.1) is 6.92 Å². The molecule has 4 heteroatoms. The van der Waals surface area contributed by atoms with Crippen molar-refractivity contribution in [1.29, 1.82) is 0 Å². The summed E-state index contributed by atoms with van der Waals surface area (Å²) < 4.78 is 5.38. The van der Waals surface area contributed by atoms with Crippen molar-refractivity contribution >= 4 is 5.78 Å². The molecule has 1 atom stereocenters. The summed E-state index contributed by atoms with van der Waals surface area (Å²) in [7, 11) is 0. The number of carbonyl (C=O) groups is 1. The molecule has 1 aromatic heterocycles. The third-order valence-corrected chi connectivity index (χ3v) is 4.17. The molecule has 104 valence electrons. The van der Waals surface area contributed by atoms with Crippen molar-refractivity contribution in [3.05, 3.63) is 29.6 Å². The van der Waals surface area contributed by atoms with Crippen molar-refractivity contribution in [2.45, 2.75) is 32.7 Å². The number of pyridine rings is 1. The van der Waals surface area contributed by atoms with Crippen molar-refractivity contribution in [2.24, 2.45) is 0 Å². The Labute approximate surface area is 114 Å². The first-order valence-electron chi connectivity index (χ1n) is 6.88. The number of aromatic nitrogens is 1. The second-order valence-corrected chi connectivity index (χ2v) is 5.25. The highest BCUT2D eigenvalue weighted by Gasteiger charge is 2.39. The van der Waals surface area contributed by atoms with E-state index in [2.05, 4.69) is 16.8 Å². The van der Waals surface area contributed by atoms with E-state index in [1.165, 1.54) is 0 Å². The standard InChI is InChI=1S/C15H22N2O2/c1-4-15(3,17-7-9-19-10-8-17)14(18)13-11-16-6-5-12(13)2/h5-6,11H,4,7-10H2,1-3H3. The summed E-state index contributed by atoms with van der Waals surface area (Å²) in [6.45, 7) is 9.10. The molecule has 1 aliphatic heterocycles. The van der Waals surface area contributed by atoms with E-state index in [0.717, 1.165) is 30.6 Å². The highest BCUT2D eigenvalue weighted by Crippen LogP contribution is 2.26. The summed E-state index contributed by atoms with van der Waals surface area (Å²) in [5.41, 5.74) is 1.27. The van der Waals surface area contributed by atoms with E-state index in [1.807, 2.05) is 19.9 Å². The highest BCUT2D eigenvalue weighted by molar-refractivity contribution is 6.03. The number of hydrogen-bond donors (Lipinski definition) is 0. The van der Waals surface area contributed by atoms with Crippen LogP contribution in [-0.4, -0.2) is 47.5 Å². The van der Waals surface area contributed by atoms with Gasteiger partial charge in [0, 0.05) is 31.0 Å². The number of Topliss-reactive ketones (excluding diaryl/α,β-unsaturated/α-hetero) is 1. The van der Waals surface area contributed by atoms with Crippen LogP contribution in [0.1, 0.15) is 36.2 Å². The molecule has 0 bridgehead atoms. The van der Waals surface area contributed by atoms with Gasteiger partial charge in [0.25, 0.3) is 0 Å². The zero-order valence-corrected chi connectivity index (χ0v) is 12.0. The van der Waals surface area contributed by atoms with Gasteiger partial charge in [0.15, 0.2) is 5.78 Å². The minimum absolute atomic E-state index is 0.169. The van der Waals surface area contributed by atoms with Gasteiger partial charge in [-0.2, -0.15) is 0 Å². The molecule has 0 spiro atoms. The summed E-state index contributed by atoms with van der Waals surface area (Å²) in [5, 5.41) is 0. The molecule has 0 saturated carbocycles. The van der Waals surface area contributed by atoms with Gasteiger partial charge in [0.2, 0.25) is 0 Å². The van der Waals surface area contributed by atoms with Crippen LogP contribution in [0.25, 0.3) is 0 Å². The van der Waals surface area contributed by atoms with Gasteiger partial charge in [-0.05, 0) is 31.9 Å². The van der Waals surface area contributed by atoms with Crippen molar-refractivity contribution in [2.75, 3.05) is 26.3 Å². The van der Waals surface area contributed by atoms with E-state index in [4.69, 9.17) is 4.74 Å². The summed E-state index contributed by atoms with van der Waals surface area (Å²) in [5.74, 6) is 0.169. The lowest BCUT2D eigenvalue weighted by Crippen LogP contribution is -2.56. The van der Waals surface area contributed by atoms with E-state index < -0.39 is 5.54 Å². The van der Waals surface area contributed by atoms with Gasteiger partial charge < -0.3 is 4.74 Å². The number of ketones is 1. The van der Waals surface area contributed by atoms with Crippen LogP contribution in [0.15, 0.2) is 18.5 Å². The van der Waals surface area contributed by atoms with Gasteiger partial charge in [-0.15, -0.1) is 0 Å². The molecule has 4 nitrogen and oxygen atoms in total. The van der Waals surface area contributed by atoms with Crippen LogP contribution in [0.3, 0.4) is 0 Å². The molecular weight excluding hydrogens is 240 g/mol. The number of nitrogens with zero attached hydrogens (tertiary/aromatic N) is 2. The number of carbonyl (C=O) groups excluding carboxylic acids is 1. The Bertz CT molecular complexity index is 455. The summed E-state index contributed by atoms with van der Waals surface area (Å²) in [6, 6.07) is 1.89. The molecule has 0 N–H and O–H groups in total. The monoisotopic (exact) mass is 262 g/mol. The van der Waals surface area contributed by atoms with Gasteiger partial charge >= 0.3 is 0 Å². The first-order valence-corrected chi connectivity index (χ1v) is 6.88. The van der Waals surface area contributed by atoms with Crippen molar-refractivity contribution in [3.63, 3.8) is 0 Å². The van der Waals surface area contributed by atoms with Crippen LogP contribution in [0.4, 0.5) is 0 Å². The molecule has 19 heavy (non-hydrogen) atoms. The van der Waals surface area contributed by atoms with Gasteiger partial charge in [-0.25, -0.2) is 0 Å². The predicted molar refractivity (Wildman–Crippen MR) is 74.4 cm³/mol. The molecule has 0 radical (unpaired) electrons. The number of ether oxygens (including phenoxy) is 1. The molecule has 2 heterocycles. The molecule has 1 aliphatic rings. The lowest BCUT2D eigenvalue weighted by atomic mass is 9.85. The molecular formula is C15H22N2O2. The van der Waals surface area contributed by atoms with Crippen molar-refractivity contribution in [1.82, 2.24) is 9.88 Å². The Balaban J connectivity index is 2.30. The highest BCUT2D eigenvalue weighted by atomic mass is 16.5. The zero-order valence-electron chi connectivity index (χ0n) is 12.0. The Morgan fingerprint density at radius 1 is 1.47 bits per heavy atom. The summed E-state index contributed by atoms with van der Waals surface area (Å²) >= 11 is 0. The second kappa shape index (κ2) is 5.80. The number of hydrogen-bond acceptors (Lipinski definition) is 4. The molecule has 1 fully saturated rings. The van der Waals surface area contributed by atoms with Gasteiger partial charge in [0.05, 0.1) is 18.8 Å². The summed E-state index contributed by atoms with van der Waals surface area (Å²) in [4.78, 5) is 19.2. The molecule has 1 saturated heterocycles. The lowest BCUT2D eigenvalue weighted by molar-refractivity contribution is -0.0106. The number of morpholine rings is 1. The second-order valence-electron chi connectivity index (χ2n) is 5.25. The predicted octanol–water partition coefficient (Wildman–Crippen LogP) is 2.07. The quantitative estimate of drug-likeness (QED) is 0.779. The van der Waals surface area contributed by atoms with Gasteiger partial charge in [-0.1, -0.05) is 6.92 Å². The summed E-state index contributed by atoms with van der Waals surface area (Å²) in [6.07, 6.45) is 4.20. The smallest absolute Gasteiger partial charge is 0.184 e. The van der Waals surface area contributed by atoms with Crippen molar-refractivity contribution < 1.29 is 9.53 Å². The first-order chi connectivity index (χ1) is 9.09. The lowest BCUT2D eigenvalue weighted by Gasteiger charge is -2.41. The van der Waals surface area contributed by atoms with Crippen LogP contribution >= 0.6 is 0 Å². The SMILES string of the molecule is CCC(C)(C(=O)c1cnccc1C)N1CCOCC1. The fourth-order valence-electron chi connectivity index (χ4n) is 2.58. The largest absolute Gasteiger partial charge is 0.379 e. The number of aryl methyl sites for hydroxylation is 1. The maximum absolute atomic E-state index is 12.9. The van der Waals surface area contributed by atoms with E-state index in [9.17, 15) is 4.79 Å². The molecule has 1 unspecified atom stereocenters. The topological polar surface area (TPSA) is 42.4 Å². The number of rotatable bonds is 4. The zero-order chi connectivity index (χ0) is 13.9. The molecule has 0 aromatic carbocycles. The Morgan fingerprint density at radius 3 is 2.74 bits per heavy atom.